The van der Waals surface area contributed by atoms with Crippen LogP contribution in [0.5, 0.6) is 5.75 Å². The van der Waals surface area contributed by atoms with E-state index in [9.17, 15) is 13.2 Å². The van der Waals surface area contributed by atoms with Gasteiger partial charge in [-0.05, 0) is 58.0 Å². The molecule has 1 N–H and O–H groups in total. The minimum absolute atomic E-state index is 0.210. The van der Waals surface area contributed by atoms with Gasteiger partial charge in [-0.15, -0.1) is 0 Å². The van der Waals surface area contributed by atoms with Gasteiger partial charge in [-0.3, -0.25) is 0 Å². The van der Waals surface area contributed by atoms with Crippen molar-refractivity contribution in [2.75, 3.05) is 0 Å². The topological polar surface area (TPSA) is 72.5 Å². The molecule has 0 radical (unpaired) electrons. The van der Waals surface area contributed by atoms with Crippen LogP contribution in [0.3, 0.4) is 0 Å². The summed E-state index contributed by atoms with van der Waals surface area (Å²) in [5.74, 6) is 0.210. The molecule has 5 nitrogen and oxygen atoms in total. The van der Waals surface area contributed by atoms with Gasteiger partial charge in [0.05, 0.1) is 0 Å². The summed E-state index contributed by atoms with van der Waals surface area (Å²) in [5.41, 5.74) is 1.97. The van der Waals surface area contributed by atoms with Crippen molar-refractivity contribution in [3.63, 3.8) is 0 Å². The highest BCUT2D eigenvalue weighted by atomic mass is 127. The van der Waals surface area contributed by atoms with E-state index in [1.54, 1.807) is 24.3 Å². The molecule has 8 heteroatoms. The lowest BCUT2D eigenvalue weighted by molar-refractivity contribution is 0.207. The van der Waals surface area contributed by atoms with Gasteiger partial charge in [0.2, 0.25) is 0 Å². The van der Waals surface area contributed by atoms with E-state index >= 15 is 0 Å². The standard InChI is InChI=1S/C13H9ClINO4S/c14-21(18,19)16-13(17)20-12-7-3-10(4-8-12)9-1-5-11(15)6-2-9/h1-8H,(H,16,17). The van der Waals surface area contributed by atoms with E-state index in [-0.39, 0.29) is 5.75 Å². The molecule has 2 aromatic rings. The largest absolute Gasteiger partial charge is 0.427 e. The summed E-state index contributed by atoms with van der Waals surface area (Å²) in [5, 5.41) is 0. The van der Waals surface area contributed by atoms with Crippen LogP contribution in [0.1, 0.15) is 0 Å². The Labute approximate surface area is 140 Å². The van der Waals surface area contributed by atoms with Crippen LogP contribution in [0, 0.1) is 3.57 Å². The van der Waals surface area contributed by atoms with Crippen molar-refractivity contribution in [1.82, 2.24) is 4.72 Å². The lowest BCUT2D eigenvalue weighted by Gasteiger charge is -2.06. The van der Waals surface area contributed by atoms with Gasteiger partial charge in [-0.2, -0.15) is 8.42 Å². The highest BCUT2D eigenvalue weighted by Crippen LogP contribution is 2.23. The zero-order valence-electron chi connectivity index (χ0n) is 10.4. The molecule has 0 aliphatic heterocycles. The van der Waals surface area contributed by atoms with E-state index in [1.165, 1.54) is 4.72 Å². The fourth-order valence-corrected chi connectivity index (χ4v) is 2.37. The highest BCUT2D eigenvalue weighted by Gasteiger charge is 2.12. The lowest BCUT2D eigenvalue weighted by Crippen LogP contribution is -2.29. The number of amides is 1. The molecule has 21 heavy (non-hydrogen) atoms. The quantitative estimate of drug-likeness (QED) is 0.589. The molecule has 110 valence electrons. The second kappa shape index (κ2) is 6.63. The summed E-state index contributed by atoms with van der Waals surface area (Å²) >= 11 is 2.22. The number of hydrogen-bond donors (Lipinski definition) is 1. The first-order valence-electron chi connectivity index (χ1n) is 5.64. The van der Waals surface area contributed by atoms with Crippen LogP contribution in [-0.2, 0) is 9.24 Å². The van der Waals surface area contributed by atoms with E-state index in [1.807, 2.05) is 24.3 Å². The van der Waals surface area contributed by atoms with Crippen molar-refractivity contribution in [3.05, 3.63) is 52.1 Å². The Morgan fingerprint density at radius 2 is 1.48 bits per heavy atom. The zero-order chi connectivity index (χ0) is 15.5. The number of nitrogens with one attached hydrogen (secondary N) is 1. The molecule has 0 aliphatic rings. The molecule has 2 rings (SSSR count). The van der Waals surface area contributed by atoms with Gasteiger partial charge in [0, 0.05) is 14.3 Å². The summed E-state index contributed by atoms with van der Waals surface area (Å²) in [6.07, 6.45) is -1.16. The van der Waals surface area contributed by atoms with Gasteiger partial charge in [0.25, 0.3) is 0 Å². The smallest absolute Gasteiger partial charge is 0.410 e. The second-order valence-electron chi connectivity index (χ2n) is 3.96. The van der Waals surface area contributed by atoms with E-state index < -0.39 is 15.3 Å². The number of halogens is 2. The molecule has 0 heterocycles. The molecule has 0 fully saturated rings. The number of benzene rings is 2. The Morgan fingerprint density at radius 1 is 1.00 bits per heavy atom. The summed E-state index contributed by atoms with van der Waals surface area (Å²) in [7, 11) is 0.720. The molecule has 0 aliphatic carbocycles. The van der Waals surface area contributed by atoms with Crippen molar-refractivity contribution >= 4 is 48.6 Å². The van der Waals surface area contributed by atoms with Crippen LogP contribution in [0.25, 0.3) is 11.1 Å². The minimum Gasteiger partial charge on any atom is -0.410 e. The van der Waals surface area contributed by atoms with E-state index in [0.717, 1.165) is 14.7 Å². The van der Waals surface area contributed by atoms with Crippen molar-refractivity contribution < 1.29 is 17.9 Å². The van der Waals surface area contributed by atoms with Gasteiger partial charge in [0.15, 0.2) is 0 Å². The summed E-state index contributed by atoms with van der Waals surface area (Å²) < 4.78 is 28.7. The molecule has 0 aromatic heterocycles. The van der Waals surface area contributed by atoms with Crippen LogP contribution < -0.4 is 9.46 Å². The predicted octanol–water partition coefficient (Wildman–Crippen LogP) is 3.53. The lowest BCUT2D eigenvalue weighted by atomic mass is 10.1. The Balaban J connectivity index is 2.09. The van der Waals surface area contributed by atoms with Crippen molar-refractivity contribution in [3.8, 4) is 16.9 Å². The molecule has 0 saturated carbocycles. The van der Waals surface area contributed by atoms with Crippen LogP contribution in [0.2, 0.25) is 0 Å². The number of ether oxygens (including phenoxy) is 1. The molecule has 0 atom stereocenters. The van der Waals surface area contributed by atoms with Crippen LogP contribution in [0.4, 0.5) is 4.79 Å². The Hall–Kier alpha value is -1.32. The minimum atomic E-state index is -4.15. The van der Waals surface area contributed by atoms with Crippen molar-refractivity contribution in [2.24, 2.45) is 0 Å². The van der Waals surface area contributed by atoms with Crippen LogP contribution in [-0.4, -0.2) is 14.5 Å². The maximum atomic E-state index is 11.2. The maximum absolute atomic E-state index is 11.2. The number of rotatable bonds is 3. The predicted molar refractivity (Wildman–Crippen MR) is 88.5 cm³/mol. The fourth-order valence-electron chi connectivity index (χ4n) is 1.59. The molecule has 0 unspecified atom stereocenters. The molecule has 2 aromatic carbocycles. The third-order valence-corrected chi connectivity index (χ3v) is 3.81. The molecule has 0 saturated heterocycles. The van der Waals surface area contributed by atoms with Crippen molar-refractivity contribution in [1.29, 1.82) is 0 Å². The summed E-state index contributed by atoms with van der Waals surface area (Å²) in [6.45, 7) is 0. The first-order valence-corrected chi connectivity index (χ1v) is 9.02. The Morgan fingerprint density at radius 3 is 1.95 bits per heavy atom. The maximum Gasteiger partial charge on any atom is 0.427 e. The molecule has 0 bridgehead atoms. The molecule has 0 spiro atoms. The first kappa shape index (κ1) is 16.1. The van der Waals surface area contributed by atoms with Crippen molar-refractivity contribution in [2.45, 2.75) is 0 Å². The molecular formula is C13H9ClINO4S. The summed E-state index contributed by atoms with van der Waals surface area (Å²) in [4.78, 5) is 11.2. The normalized spacial score (nSPS) is 11.0. The number of carbonyl (C=O) groups is 1. The second-order valence-corrected chi connectivity index (χ2v) is 7.50. The monoisotopic (exact) mass is 437 g/mol. The van der Waals surface area contributed by atoms with Crippen LogP contribution in [0.15, 0.2) is 48.5 Å². The third-order valence-electron chi connectivity index (χ3n) is 2.45. The SMILES string of the molecule is O=C(NS(=O)(=O)Cl)Oc1ccc(-c2ccc(I)cc2)cc1. The average molecular weight is 438 g/mol. The summed E-state index contributed by atoms with van der Waals surface area (Å²) in [6, 6.07) is 14.6. The van der Waals surface area contributed by atoms with E-state index in [4.69, 9.17) is 15.4 Å². The number of hydrogen-bond acceptors (Lipinski definition) is 4. The first-order chi connectivity index (χ1) is 9.83. The number of carbonyl (C=O) groups excluding carboxylic acids is 1. The van der Waals surface area contributed by atoms with Crippen LogP contribution >= 0.6 is 33.3 Å². The molecular weight excluding hydrogens is 429 g/mol. The Kier molecular flexibility index (Phi) is 5.07. The van der Waals surface area contributed by atoms with Gasteiger partial charge in [-0.1, -0.05) is 24.3 Å². The third kappa shape index (κ3) is 5.18. The van der Waals surface area contributed by atoms with Gasteiger partial charge < -0.3 is 4.74 Å². The Bertz CT molecular complexity index is 745. The van der Waals surface area contributed by atoms with Gasteiger partial charge >= 0.3 is 15.3 Å². The zero-order valence-corrected chi connectivity index (χ0v) is 14.1. The highest BCUT2D eigenvalue weighted by molar-refractivity contribution is 14.1. The van der Waals surface area contributed by atoms with Gasteiger partial charge in [0.1, 0.15) is 5.75 Å². The fraction of sp³-hybridized carbons (Fsp3) is 0. The van der Waals surface area contributed by atoms with E-state index in [0.29, 0.717) is 0 Å². The molecule has 1 amide bonds. The van der Waals surface area contributed by atoms with Gasteiger partial charge in [-0.25, -0.2) is 9.52 Å². The van der Waals surface area contributed by atoms with E-state index in [2.05, 4.69) is 22.6 Å². The average Bonchev–Trinajstić information content (AvgIpc) is 2.38.